The molecule has 0 aromatic heterocycles. The lowest BCUT2D eigenvalue weighted by molar-refractivity contribution is -0.158. The second kappa shape index (κ2) is 4.97. The van der Waals surface area contributed by atoms with Crippen LogP contribution >= 0.6 is 0 Å². The van der Waals surface area contributed by atoms with E-state index in [1.54, 1.807) is 6.92 Å². The average Bonchev–Trinajstić information content (AvgIpc) is 2.02. The summed E-state index contributed by atoms with van der Waals surface area (Å²) in [6.45, 7) is 4.90. The first-order valence-corrected chi connectivity index (χ1v) is 4.24. The first kappa shape index (κ1) is 12.1. The molecule has 0 aliphatic rings. The molecule has 0 rings (SSSR count). The number of hydrogen-bond donors (Lipinski definition) is 0. The van der Waals surface area contributed by atoms with Crippen molar-refractivity contribution in [3.8, 4) is 0 Å². The van der Waals surface area contributed by atoms with Gasteiger partial charge in [0.15, 0.2) is 0 Å². The Morgan fingerprint density at radius 3 is 2.00 bits per heavy atom. The second-order valence-electron chi connectivity index (χ2n) is 3.37. The predicted octanol–water partition coefficient (Wildman–Crippen LogP) is 0.457. The molecule has 13 heavy (non-hydrogen) atoms. The van der Waals surface area contributed by atoms with Crippen LogP contribution in [0, 0.1) is 0 Å². The number of Topliss-reactive ketones (excluding diaryl/α,β-unsaturated/α-hetero) is 1. The van der Waals surface area contributed by atoms with Crippen molar-refractivity contribution in [1.29, 1.82) is 0 Å². The van der Waals surface area contributed by atoms with Crippen LogP contribution in [-0.2, 0) is 14.3 Å². The van der Waals surface area contributed by atoms with Gasteiger partial charge in [-0.1, -0.05) is 0 Å². The maximum absolute atomic E-state index is 10.9. The zero-order valence-electron chi connectivity index (χ0n) is 8.83. The SMILES string of the molecule is CC(=O)C(=O)OC(C)C(C)N(C)C. The van der Waals surface area contributed by atoms with Crippen molar-refractivity contribution >= 4 is 11.8 Å². The van der Waals surface area contributed by atoms with E-state index >= 15 is 0 Å². The van der Waals surface area contributed by atoms with Crippen molar-refractivity contribution in [1.82, 2.24) is 4.90 Å². The molecule has 0 bridgehead atoms. The molecule has 4 nitrogen and oxygen atoms in total. The van der Waals surface area contributed by atoms with Crippen molar-refractivity contribution in [2.24, 2.45) is 0 Å². The molecule has 0 spiro atoms. The fourth-order valence-corrected chi connectivity index (χ4v) is 0.770. The minimum absolute atomic E-state index is 0.100. The standard InChI is InChI=1S/C9H17NO3/c1-6(10(4)5)8(3)13-9(12)7(2)11/h6,8H,1-5H3. The molecule has 0 aromatic carbocycles. The topological polar surface area (TPSA) is 46.6 Å². The number of ketones is 1. The summed E-state index contributed by atoms with van der Waals surface area (Å²) in [5, 5.41) is 0. The van der Waals surface area contributed by atoms with E-state index in [4.69, 9.17) is 4.74 Å². The molecule has 0 fully saturated rings. The van der Waals surface area contributed by atoms with Crippen LogP contribution in [0.2, 0.25) is 0 Å². The highest BCUT2D eigenvalue weighted by atomic mass is 16.5. The average molecular weight is 187 g/mol. The van der Waals surface area contributed by atoms with Gasteiger partial charge in [-0.3, -0.25) is 4.79 Å². The second-order valence-corrected chi connectivity index (χ2v) is 3.37. The zero-order valence-corrected chi connectivity index (χ0v) is 8.83. The van der Waals surface area contributed by atoms with E-state index in [1.807, 2.05) is 25.9 Å². The van der Waals surface area contributed by atoms with Gasteiger partial charge in [-0.2, -0.15) is 0 Å². The largest absolute Gasteiger partial charge is 0.455 e. The summed E-state index contributed by atoms with van der Waals surface area (Å²) < 4.78 is 4.90. The van der Waals surface area contributed by atoms with Crippen LogP contribution in [0.1, 0.15) is 20.8 Å². The first-order valence-electron chi connectivity index (χ1n) is 4.24. The van der Waals surface area contributed by atoms with E-state index in [2.05, 4.69) is 0 Å². The summed E-state index contributed by atoms with van der Waals surface area (Å²) in [7, 11) is 3.78. The Morgan fingerprint density at radius 1 is 1.23 bits per heavy atom. The number of hydrogen-bond acceptors (Lipinski definition) is 4. The highest BCUT2D eigenvalue weighted by molar-refractivity contribution is 6.32. The summed E-state index contributed by atoms with van der Waals surface area (Å²) in [5.74, 6) is -1.32. The molecule has 0 N–H and O–H groups in total. The van der Waals surface area contributed by atoms with Gasteiger partial charge in [0.25, 0.3) is 0 Å². The molecule has 0 aliphatic carbocycles. The lowest BCUT2D eigenvalue weighted by Crippen LogP contribution is -2.38. The fourth-order valence-electron chi connectivity index (χ4n) is 0.770. The number of likely N-dealkylation sites (N-methyl/N-ethyl adjacent to an activating group) is 1. The van der Waals surface area contributed by atoms with Gasteiger partial charge < -0.3 is 9.64 Å². The van der Waals surface area contributed by atoms with Crippen molar-refractivity contribution < 1.29 is 14.3 Å². The Balaban J connectivity index is 4.07. The number of rotatable bonds is 4. The minimum atomic E-state index is -0.763. The van der Waals surface area contributed by atoms with Crippen molar-refractivity contribution in [3.05, 3.63) is 0 Å². The van der Waals surface area contributed by atoms with Gasteiger partial charge in [0.2, 0.25) is 5.78 Å². The Bertz CT molecular complexity index is 201. The van der Waals surface area contributed by atoms with E-state index < -0.39 is 11.8 Å². The van der Waals surface area contributed by atoms with Crippen molar-refractivity contribution in [2.45, 2.75) is 32.9 Å². The molecule has 0 heterocycles. The number of ether oxygens (including phenoxy) is 1. The van der Waals surface area contributed by atoms with Crippen molar-refractivity contribution in [2.75, 3.05) is 14.1 Å². The van der Waals surface area contributed by atoms with Crippen LogP contribution in [0.25, 0.3) is 0 Å². The fraction of sp³-hybridized carbons (Fsp3) is 0.778. The van der Waals surface area contributed by atoms with E-state index in [0.29, 0.717) is 0 Å². The molecule has 0 saturated carbocycles. The van der Waals surface area contributed by atoms with E-state index in [1.165, 1.54) is 6.92 Å². The molecule has 0 amide bonds. The number of esters is 1. The lowest BCUT2D eigenvalue weighted by Gasteiger charge is -2.25. The summed E-state index contributed by atoms with van der Waals surface area (Å²) >= 11 is 0. The normalized spacial score (nSPS) is 15.2. The van der Waals surface area contributed by atoms with Gasteiger partial charge in [0.1, 0.15) is 6.10 Å². The Kier molecular flexibility index (Phi) is 4.62. The number of carbonyl (C=O) groups excluding carboxylic acids is 2. The summed E-state index contributed by atoms with van der Waals surface area (Å²) in [6, 6.07) is 0.100. The molecule has 0 saturated heterocycles. The highest BCUT2D eigenvalue weighted by Gasteiger charge is 2.20. The maximum Gasteiger partial charge on any atom is 0.374 e. The maximum atomic E-state index is 10.9. The van der Waals surface area contributed by atoms with Crippen LogP contribution in [0.5, 0.6) is 0 Å². The highest BCUT2D eigenvalue weighted by Crippen LogP contribution is 2.03. The van der Waals surface area contributed by atoms with Gasteiger partial charge >= 0.3 is 5.97 Å². The molecular weight excluding hydrogens is 170 g/mol. The number of nitrogens with zero attached hydrogens (tertiary/aromatic N) is 1. The molecule has 0 radical (unpaired) electrons. The first-order chi connectivity index (χ1) is 5.86. The third-order valence-electron chi connectivity index (χ3n) is 2.07. The summed E-state index contributed by atoms with van der Waals surface area (Å²) in [6.07, 6.45) is -0.272. The third-order valence-corrected chi connectivity index (χ3v) is 2.07. The third kappa shape index (κ3) is 4.03. The quantitative estimate of drug-likeness (QED) is 0.474. The van der Waals surface area contributed by atoms with E-state index in [-0.39, 0.29) is 12.1 Å². The Labute approximate surface area is 78.9 Å². The van der Waals surface area contributed by atoms with Gasteiger partial charge in [0.05, 0.1) is 0 Å². The molecule has 4 heteroatoms. The predicted molar refractivity (Wildman–Crippen MR) is 49.4 cm³/mol. The van der Waals surface area contributed by atoms with Crippen molar-refractivity contribution in [3.63, 3.8) is 0 Å². The zero-order chi connectivity index (χ0) is 10.6. The Hall–Kier alpha value is -0.900. The smallest absolute Gasteiger partial charge is 0.374 e. The van der Waals surface area contributed by atoms with Gasteiger partial charge in [-0.25, -0.2) is 4.79 Å². The molecule has 0 aromatic rings. The monoisotopic (exact) mass is 187 g/mol. The lowest BCUT2D eigenvalue weighted by atomic mass is 10.2. The van der Waals surface area contributed by atoms with Crippen LogP contribution in [0.4, 0.5) is 0 Å². The molecule has 0 aliphatic heterocycles. The minimum Gasteiger partial charge on any atom is -0.455 e. The van der Waals surface area contributed by atoms with E-state index in [9.17, 15) is 9.59 Å². The molecule has 2 unspecified atom stereocenters. The van der Waals surface area contributed by atoms with Gasteiger partial charge in [-0.15, -0.1) is 0 Å². The summed E-state index contributed by atoms with van der Waals surface area (Å²) in [4.78, 5) is 23.4. The van der Waals surface area contributed by atoms with Crippen LogP contribution in [0.15, 0.2) is 0 Å². The van der Waals surface area contributed by atoms with Gasteiger partial charge in [0, 0.05) is 13.0 Å². The molecular formula is C9H17NO3. The molecule has 2 atom stereocenters. The van der Waals surface area contributed by atoms with E-state index in [0.717, 1.165) is 0 Å². The van der Waals surface area contributed by atoms with Gasteiger partial charge in [-0.05, 0) is 27.9 Å². The van der Waals surface area contributed by atoms with Crippen LogP contribution in [-0.4, -0.2) is 42.9 Å². The van der Waals surface area contributed by atoms with Crippen LogP contribution in [0.3, 0.4) is 0 Å². The Morgan fingerprint density at radius 2 is 1.69 bits per heavy atom. The van der Waals surface area contributed by atoms with Crippen LogP contribution < -0.4 is 0 Å². The number of carbonyl (C=O) groups is 2. The molecule has 76 valence electrons. The summed E-state index contributed by atoms with van der Waals surface area (Å²) in [5.41, 5.74) is 0.